The van der Waals surface area contributed by atoms with Gasteiger partial charge in [0, 0.05) is 0 Å². The molecule has 0 saturated carbocycles. The number of hydrogen-bond donors (Lipinski definition) is 0. The molecule has 0 N–H and O–H groups in total. The zero-order chi connectivity index (χ0) is 15.3. The molecular formula is C22H20. The first kappa shape index (κ1) is 13.3. The summed E-state index contributed by atoms with van der Waals surface area (Å²) in [5.41, 5.74) is 1.57. The lowest BCUT2D eigenvalue weighted by molar-refractivity contribution is 0.596. The van der Waals surface area contributed by atoms with E-state index in [1.54, 1.807) is 0 Å². The molecule has 0 aliphatic rings. The molecule has 0 aliphatic carbocycles. The van der Waals surface area contributed by atoms with Crippen molar-refractivity contribution >= 4 is 32.3 Å². The van der Waals surface area contributed by atoms with Crippen molar-refractivity contribution in [1.82, 2.24) is 0 Å². The summed E-state index contributed by atoms with van der Waals surface area (Å²) in [6, 6.07) is 24.5. The van der Waals surface area contributed by atoms with E-state index >= 15 is 0 Å². The Hall–Kier alpha value is -2.34. The molecule has 0 unspecified atom stereocenters. The molecule has 4 aromatic rings. The Labute approximate surface area is 131 Å². The van der Waals surface area contributed by atoms with Crippen LogP contribution in [-0.2, 0) is 5.41 Å². The minimum atomic E-state index is 0.157. The SMILES string of the molecule is CC(C)(C)c1cccc2c1ccc1cc3ccccc3cc12. The van der Waals surface area contributed by atoms with E-state index < -0.39 is 0 Å². The fourth-order valence-electron chi connectivity index (χ4n) is 3.44. The average molecular weight is 284 g/mol. The van der Waals surface area contributed by atoms with Crippen LogP contribution >= 0.6 is 0 Å². The zero-order valence-corrected chi connectivity index (χ0v) is 13.4. The average Bonchev–Trinajstić information content (AvgIpc) is 2.51. The standard InChI is InChI=1S/C22H20/c1-22(2,3)21-10-6-9-18-19(21)12-11-17-13-15-7-4-5-8-16(15)14-20(17)18/h4-14H,1-3H3. The highest BCUT2D eigenvalue weighted by Gasteiger charge is 2.17. The molecule has 4 aromatic carbocycles. The lowest BCUT2D eigenvalue weighted by Crippen LogP contribution is -2.11. The molecule has 22 heavy (non-hydrogen) atoms. The van der Waals surface area contributed by atoms with Gasteiger partial charge in [0.1, 0.15) is 0 Å². The minimum absolute atomic E-state index is 0.157. The summed E-state index contributed by atoms with van der Waals surface area (Å²) in [6.07, 6.45) is 0. The van der Waals surface area contributed by atoms with Crippen LogP contribution in [0.5, 0.6) is 0 Å². The quantitative estimate of drug-likeness (QED) is 0.257. The summed E-state index contributed by atoms with van der Waals surface area (Å²) in [4.78, 5) is 0. The molecule has 0 radical (unpaired) electrons. The van der Waals surface area contributed by atoms with Gasteiger partial charge in [0.05, 0.1) is 0 Å². The van der Waals surface area contributed by atoms with Gasteiger partial charge >= 0.3 is 0 Å². The van der Waals surface area contributed by atoms with Crippen LogP contribution in [0.1, 0.15) is 26.3 Å². The second-order valence-electron chi connectivity index (χ2n) is 7.14. The third kappa shape index (κ3) is 1.99. The molecule has 0 aromatic heterocycles. The van der Waals surface area contributed by atoms with E-state index in [-0.39, 0.29) is 5.41 Å². The van der Waals surface area contributed by atoms with Crippen LogP contribution in [-0.4, -0.2) is 0 Å². The summed E-state index contributed by atoms with van der Waals surface area (Å²) < 4.78 is 0. The minimum Gasteiger partial charge on any atom is -0.0616 e. The van der Waals surface area contributed by atoms with Crippen LogP contribution in [0.15, 0.2) is 66.7 Å². The summed E-state index contributed by atoms with van der Waals surface area (Å²) >= 11 is 0. The highest BCUT2D eigenvalue weighted by atomic mass is 14.2. The molecular weight excluding hydrogens is 264 g/mol. The van der Waals surface area contributed by atoms with Crippen molar-refractivity contribution in [1.29, 1.82) is 0 Å². The van der Waals surface area contributed by atoms with Crippen LogP contribution in [0.3, 0.4) is 0 Å². The van der Waals surface area contributed by atoms with E-state index in [0.29, 0.717) is 0 Å². The largest absolute Gasteiger partial charge is 0.0616 e. The van der Waals surface area contributed by atoms with Crippen LogP contribution in [0.25, 0.3) is 32.3 Å². The fourth-order valence-corrected chi connectivity index (χ4v) is 3.44. The van der Waals surface area contributed by atoms with E-state index in [2.05, 4.69) is 87.5 Å². The molecule has 4 rings (SSSR count). The normalized spacial score (nSPS) is 12.3. The summed E-state index contributed by atoms with van der Waals surface area (Å²) in [5.74, 6) is 0. The van der Waals surface area contributed by atoms with Gasteiger partial charge in [0.25, 0.3) is 0 Å². The molecule has 108 valence electrons. The van der Waals surface area contributed by atoms with Crippen molar-refractivity contribution in [2.24, 2.45) is 0 Å². The van der Waals surface area contributed by atoms with E-state index in [1.807, 2.05) is 0 Å². The molecule has 0 saturated heterocycles. The second-order valence-corrected chi connectivity index (χ2v) is 7.14. The fraction of sp³-hybridized carbons (Fsp3) is 0.182. The first-order valence-corrected chi connectivity index (χ1v) is 7.89. The third-order valence-corrected chi connectivity index (χ3v) is 4.55. The highest BCUT2D eigenvalue weighted by molar-refractivity contribution is 6.12. The Balaban J connectivity index is 2.17. The molecule has 0 heterocycles. The monoisotopic (exact) mass is 284 g/mol. The first-order chi connectivity index (χ1) is 10.5. The Morgan fingerprint density at radius 3 is 2.00 bits per heavy atom. The molecule has 0 atom stereocenters. The van der Waals surface area contributed by atoms with Crippen molar-refractivity contribution in [3.05, 3.63) is 72.3 Å². The van der Waals surface area contributed by atoms with Gasteiger partial charge in [-0.15, -0.1) is 0 Å². The number of rotatable bonds is 0. The van der Waals surface area contributed by atoms with Crippen LogP contribution in [0, 0.1) is 0 Å². The van der Waals surface area contributed by atoms with Crippen molar-refractivity contribution < 1.29 is 0 Å². The first-order valence-electron chi connectivity index (χ1n) is 7.89. The molecule has 0 bridgehead atoms. The third-order valence-electron chi connectivity index (χ3n) is 4.55. The lowest BCUT2D eigenvalue weighted by atomic mass is 9.83. The van der Waals surface area contributed by atoms with Gasteiger partial charge in [-0.1, -0.05) is 75.4 Å². The Kier molecular flexibility index (Phi) is 2.77. The molecule has 0 fully saturated rings. The van der Waals surface area contributed by atoms with Gasteiger partial charge in [-0.3, -0.25) is 0 Å². The predicted octanol–water partition coefficient (Wildman–Crippen LogP) is 6.44. The zero-order valence-electron chi connectivity index (χ0n) is 13.4. The molecule has 0 heteroatoms. The van der Waals surface area contributed by atoms with Gasteiger partial charge < -0.3 is 0 Å². The molecule has 0 nitrogen and oxygen atoms in total. The van der Waals surface area contributed by atoms with Crippen LogP contribution in [0.4, 0.5) is 0 Å². The maximum atomic E-state index is 2.33. The Morgan fingerprint density at radius 1 is 0.545 bits per heavy atom. The van der Waals surface area contributed by atoms with Crippen molar-refractivity contribution in [3.8, 4) is 0 Å². The van der Waals surface area contributed by atoms with Crippen molar-refractivity contribution in [2.45, 2.75) is 26.2 Å². The van der Waals surface area contributed by atoms with E-state index in [1.165, 1.54) is 37.9 Å². The van der Waals surface area contributed by atoms with Crippen molar-refractivity contribution in [3.63, 3.8) is 0 Å². The Bertz CT molecular complexity index is 1000. The van der Waals surface area contributed by atoms with E-state index in [4.69, 9.17) is 0 Å². The Morgan fingerprint density at radius 2 is 1.27 bits per heavy atom. The van der Waals surface area contributed by atoms with Gasteiger partial charge in [0.2, 0.25) is 0 Å². The van der Waals surface area contributed by atoms with E-state index in [0.717, 1.165) is 0 Å². The van der Waals surface area contributed by atoms with Crippen molar-refractivity contribution in [2.75, 3.05) is 0 Å². The predicted molar refractivity (Wildman–Crippen MR) is 97.7 cm³/mol. The molecule has 0 spiro atoms. The molecule has 0 amide bonds. The van der Waals surface area contributed by atoms with Gasteiger partial charge in [0.15, 0.2) is 0 Å². The second kappa shape index (κ2) is 4.58. The van der Waals surface area contributed by atoms with Crippen LogP contribution < -0.4 is 0 Å². The maximum Gasteiger partial charge on any atom is -0.00989 e. The summed E-state index contributed by atoms with van der Waals surface area (Å²) in [6.45, 7) is 6.85. The number of benzene rings is 4. The lowest BCUT2D eigenvalue weighted by Gasteiger charge is -2.22. The van der Waals surface area contributed by atoms with Gasteiger partial charge in [-0.2, -0.15) is 0 Å². The smallest absolute Gasteiger partial charge is 0.00989 e. The van der Waals surface area contributed by atoms with E-state index in [9.17, 15) is 0 Å². The highest BCUT2D eigenvalue weighted by Crippen LogP contribution is 2.35. The number of fused-ring (bicyclic) bond motifs is 4. The topological polar surface area (TPSA) is 0 Å². The summed E-state index contributed by atoms with van der Waals surface area (Å²) in [5, 5.41) is 8.01. The molecule has 0 aliphatic heterocycles. The van der Waals surface area contributed by atoms with Gasteiger partial charge in [-0.25, -0.2) is 0 Å². The maximum absolute atomic E-state index is 2.33. The van der Waals surface area contributed by atoms with Crippen LogP contribution in [0.2, 0.25) is 0 Å². The summed E-state index contributed by atoms with van der Waals surface area (Å²) in [7, 11) is 0. The van der Waals surface area contributed by atoms with Gasteiger partial charge in [-0.05, 0) is 55.4 Å². The number of hydrogen-bond acceptors (Lipinski definition) is 0.